The number of rotatable bonds is 2. The monoisotopic (exact) mass is 219 g/mol. The van der Waals surface area contributed by atoms with Gasteiger partial charge in [-0.15, -0.1) is 0 Å². The molecule has 3 nitrogen and oxygen atoms in total. The van der Waals surface area contributed by atoms with Crippen molar-refractivity contribution in [2.24, 2.45) is 5.73 Å². The van der Waals surface area contributed by atoms with Crippen molar-refractivity contribution in [1.29, 1.82) is 0 Å². The summed E-state index contributed by atoms with van der Waals surface area (Å²) in [6, 6.07) is 7.05. The van der Waals surface area contributed by atoms with E-state index in [-0.39, 0.29) is 0 Å². The molecule has 0 unspecified atom stereocenters. The van der Waals surface area contributed by atoms with Crippen molar-refractivity contribution >= 4 is 5.91 Å². The second-order valence-corrected chi connectivity index (χ2v) is 4.54. The molecule has 0 radical (unpaired) electrons. The number of amides is 1. The van der Waals surface area contributed by atoms with Crippen LogP contribution in [0.4, 0.5) is 0 Å². The van der Waals surface area contributed by atoms with Gasteiger partial charge in [-0.1, -0.05) is 31.4 Å². The largest absolute Gasteiger partial charge is 0.385 e. The summed E-state index contributed by atoms with van der Waals surface area (Å²) in [5.74, 6) is -0.443. The van der Waals surface area contributed by atoms with E-state index in [2.05, 4.69) is 0 Å². The van der Waals surface area contributed by atoms with Crippen molar-refractivity contribution in [2.75, 3.05) is 0 Å². The Morgan fingerprint density at radius 1 is 1.25 bits per heavy atom. The number of hydrogen-bond donors (Lipinski definition) is 2. The predicted molar refractivity (Wildman–Crippen MR) is 61.9 cm³/mol. The number of carbonyl (C=O) groups is 1. The molecule has 86 valence electrons. The average Bonchev–Trinajstić information content (AvgIpc) is 2.30. The summed E-state index contributed by atoms with van der Waals surface area (Å²) in [6.07, 6.45) is 4.80. The van der Waals surface area contributed by atoms with Crippen LogP contribution in [0.5, 0.6) is 0 Å². The normalized spacial score (nSPS) is 19.3. The first kappa shape index (κ1) is 11.1. The van der Waals surface area contributed by atoms with Crippen LogP contribution in [0.2, 0.25) is 0 Å². The van der Waals surface area contributed by atoms with Gasteiger partial charge in [0.2, 0.25) is 5.91 Å². The molecule has 3 N–H and O–H groups in total. The van der Waals surface area contributed by atoms with Crippen molar-refractivity contribution in [3.05, 3.63) is 35.4 Å². The minimum atomic E-state index is -0.760. The molecule has 1 aromatic rings. The molecule has 0 aromatic heterocycles. The zero-order chi connectivity index (χ0) is 11.6. The maximum Gasteiger partial charge on any atom is 0.248 e. The summed E-state index contributed by atoms with van der Waals surface area (Å²) in [4.78, 5) is 11.1. The molecule has 1 aliphatic rings. The van der Waals surface area contributed by atoms with E-state index in [9.17, 15) is 9.90 Å². The van der Waals surface area contributed by atoms with E-state index in [4.69, 9.17) is 5.73 Å². The zero-order valence-corrected chi connectivity index (χ0v) is 9.28. The molecule has 1 aromatic carbocycles. The molecule has 0 bridgehead atoms. The highest BCUT2D eigenvalue weighted by atomic mass is 16.3. The minimum absolute atomic E-state index is 0.443. The van der Waals surface area contributed by atoms with E-state index in [0.717, 1.165) is 31.2 Å². The van der Waals surface area contributed by atoms with Gasteiger partial charge in [0.05, 0.1) is 5.60 Å². The summed E-state index contributed by atoms with van der Waals surface area (Å²) in [5.41, 5.74) is 5.77. The molecule has 0 aliphatic heterocycles. The fourth-order valence-electron chi connectivity index (χ4n) is 2.39. The summed E-state index contributed by atoms with van der Waals surface area (Å²) < 4.78 is 0. The van der Waals surface area contributed by atoms with E-state index in [0.29, 0.717) is 5.56 Å². The van der Waals surface area contributed by atoms with E-state index >= 15 is 0 Å². The SMILES string of the molecule is NC(=O)c1cccc(C2(O)CCCCC2)c1. The number of carbonyl (C=O) groups excluding carboxylic acids is 1. The quantitative estimate of drug-likeness (QED) is 0.798. The van der Waals surface area contributed by atoms with Crippen LogP contribution in [0.3, 0.4) is 0 Å². The molecule has 16 heavy (non-hydrogen) atoms. The number of aliphatic hydroxyl groups is 1. The molecule has 1 amide bonds. The summed E-state index contributed by atoms with van der Waals surface area (Å²) in [5, 5.41) is 10.5. The Morgan fingerprint density at radius 2 is 1.94 bits per heavy atom. The highest BCUT2D eigenvalue weighted by Gasteiger charge is 2.31. The number of benzene rings is 1. The molecular formula is C13H17NO2. The van der Waals surface area contributed by atoms with E-state index in [1.54, 1.807) is 18.2 Å². The van der Waals surface area contributed by atoms with Gasteiger partial charge in [-0.2, -0.15) is 0 Å². The van der Waals surface area contributed by atoms with Crippen LogP contribution >= 0.6 is 0 Å². The van der Waals surface area contributed by atoms with Gasteiger partial charge in [0.25, 0.3) is 0 Å². The first-order chi connectivity index (χ1) is 7.62. The van der Waals surface area contributed by atoms with Gasteiger partial charge in [-0.3, -0.25) is 4.79 Å². The Labute approximate surface area is 95.3 Å². The maximum atomic E-state index is 11.1. The van der Waals surface area contributed by atoms with Crippen LogP contribution < -0.4 is 5.73 Å². The fourth-order valence-corrected chi connectivity index (χ4v) is 2.39. The third kappa shape index (κ3) is 2.09. The van der Waals surface area contributed by atoms with Gasteiger partial charge in [-0.05, 0) is 30.5 Å². The van der Waals surface area contributed by atoms with Crippen LogP contribution in [0.15, 0.2) is 24.3 Å². The van der Waals surface area contributed by atoms with Crippen LogP contribution in [-0.4, -0.2) is 11.0 Å². The van der Waals surface area contributed by atoms with Crippen LogP contribution in [0, 0.1) is 0 Å². The lowest BCUT2D eigenvalue weighted by Crippen LogP contribution is -2.28. The van der Waals surface area contributed by atoms with Gasteiger partial charge in [0.1, 0.15) is 0 Å². The molecule has 0 atom stereocenters. The summed E-state index contributed by atoms with van der Waals surface area (Å²) in [6.45, 7) is 0. The molecule has 0 spiro atoms. The number of hydrogen-bond acceptors (Lipinski definition) is 2. The molecule has 0 heterocycles. The van der Waals surface area contributed by atoms with Crippen molar-refractivity contribution in [1.82, 2.24) is 0 Å². The van der Waals surface area contributed by atoms with Gasteiger partial charge >= 0.3 is 0 Å². The topological polar surface area (TPSA) is 63.3 Å². The predicted octanol–water partition coefficient (Wildman–Crippen LogP) is 1.94. The zero-order valence-electron chi connectivity index (χ0n) is 9.28. The molecular weight excluding hydrogens is 202 g/mol. The molecule has 0 saturated heterocycles. The molecule has 3 heteroatoms. The van der Waals surface area contributed by atoms with Crippen LogP contribution in [0.1, 0.15) is 48.0 Å². The Hall–Kier alpha value is -1.35. The van der Waals surface area contributed by atoms with E-state index in [1.807, 2.05) is 6.07 Å². The van der Waals surface area contributed by atoms with E-state index < -0.39 is 11.5 Å². The fraction of sp³-hybridized carbons (Fsp3) is 0.462. The molecule has 1 saturated carbocycles. The smallest absolute Gasteiger partial charge is 0.248 e. The first-order valence-corrected chi connectivity index (χ1v) is 5.74. The number of nitrogens with two attached hydrogens (primary N) is 1. The Kier molecular flexibility index (Phi) is 2.97. The lowest BCUT2D eigenvalue weighted by molar-refractivity contribution is -0.000654. The summed E-state index contributed by atoms with van der Waals surface area (Å²) in [7, 11) is 0. The highest BCUT2D eigenvalue weighted by molar-refractivity contribution is 5.92. The second kappa shape index (κ2) is 4.26. The van der Waals surface area contributed by atoms with Crippen LogP contribution in [0.25, 0.3) is 0 Å². The second-order valence-electron chi connectivity index (χ2n) is 4.54. The molecule has 1 fully saturated rings. The Morgan fingerprint density at radius 3 is 2.56 bits per heavy atom. The van der Waals surface area contributed by atoms with Gasteiger partial charge < -0.3 is 10.8 Å². The molecule has 1 aliphatic carbocycles. The third-order valence-electron chi connectivity index (χ3n) is 3.37. The van der Waals surface area contributed by atoms with Crippen molar-refractivity contribution in [3.63, 3.8) is 0 Å². The van der Waals surface area contributed by atoms with Crippen molar-refractivity contribution < 1.29 is 9.90 Å². The van der Waals surface area contributed by atoms with Crippen molar-refractivity contribution in [2.45, 2.75) is 37.7 Å². The van der Waals surface area contributed by atoms with E-state index in [1.165, 1.54) is 6.42 Å². The first-order valence-electron chi connectivity index (χ1n) is 5.74. The average molecular weight is 219 g/mol. The third-order valence-corrected chi connectivity index (χ3v) is 3.37. The van der Waals surface area contributed by atoms with Gasteiger partial charge in [0, 0.05) is 5.56 Å². The lowest BCUT2D eigenvalue weighted by atomic mass is 9.79. The Balaban J connectivity index is 2.31. The highest BCUT2D eigenvalue weighted by Crippen LogP contribution is 2.36. The van der Waals surface area contributed by atoms with Gasteiger partial charge in [-0.25, -0.2) is 0 Å². The lowest BCUT2D eigenvalue weighted by Gasteiger charge is -2.32. The van der Waals surface area contributed by atoms with Crippen molar-refractivity contribution in [3.8, 4) is 0 Å². The van der Waals surface area contributed by atoms with Gasteiger partial charge in [0.15, 0.2) is 0 Å². The Bertz CT molecular complexity index is 395. The minimum Gasteiger partial charge on any atom is -0.385 e. The maximum absolute atomic E-state index is 11.1. The van der Waals surface area contributed by atoms with Crippen LogP contribution in [-0.2, 0) is 5.60 Å². The number of primary amides is 1. The summed E-state index contributed by atoms with van der Waals surface area (Å²) >= 11 is 0. The molecule has 2 rings (SSSR count). The standard InChI is InChI=1S/C13H17NO2/c14-12(15)10-5-4-6-11(9-10)13(16)7-2-1-3-8-13/h4-6,9,16H,1-3,7-8H2,(H2,14,15).